The van der Waals surface area contributed by atoms with Crippen LogP contribution in [0.5, 0.6) is 0 Å². The van der Waals surface area contributed by atoms with Crippen molar-refractivity contribution in [1.82, 2.24) is 0 Å². The third-order valence-electron chi connectivity index (χ3n) is 4.40. The Morgan fingerprint density at radius 2 is 1.66 bits per heavy atom. The lowest BCUT2D eigenvalue weighted by Gasteiger charge is -2.11. The molecule has 0 aliphatic carbocycles. The van der Waals surface area contributed by atoms with Crippen LogP contribution in [0, 0.1) is 0 Å². The van der Waals surface area contributed by atoms with E-state index in [1.807, 2.05) is 30.3 Å². The first-order valence-electron chi connectivity index (χ1n) is 8.80. The van der Waals surface area contributed by atoms with Crippen LogP contribution in [0.15, 0.2) is 88.4 Å². The molecule has 1 aromatic heterocycles. The number of carbonyl (C=O) groups excluding carboxylic acids is 1. The van der Waals surface area contributed by atoms with Gasteiger partial charge in [0.1, 0.15) is 5.58 Å². The molecular formula is C22H16ClNO4S. The molecule has 1 heterocycles. The van der Waals surface area contributed by atoms with Gasteiger partial charge in [-0.1, -0.05) is 60.1 Å². The summed E-state index contributed by atoms with van der Waals surface area (Å²) >= 11 is 6.05. The van der Waals surface area contributed by atoms with Crippen molar-refractivity contribution in [3.05, 3.63) is 95.0 Å². The van der Waals surface area contributed by atoms with Crippen molar-refractivity contribution in [2.75, 3.05) is 4.72 Å². The first-order valence-corrected chi connectivity index (χ1v) is 10.7. The van der Waals surface area contributed by atoms with Crippen molar-refractivity contribution in [1.29, 1.82) is 0 Å². The van der Waals surface area contributed by atoms with Gasteiger partial charge in [0.2, 0.25) is 5.09 Å². The number of ketones is 1. The smallest absolute Gasteiger partial charge is 0.295 e. The van der Waals surface area contributed by atoms with E-state index in [4.69, 9.17) is 16.0 Å². The first-order chi connectivity index (χ1) is 13.9. The minimum Gasteiger partial charge on any atom is -0.443 e. The quantitative estimate of drug-likeness (QED) is 0.424. The summed E-state index contributed by atoms with van der Waals surface area (Å²) in [6, 6.07) is 22.1. The number of sulfonamides is 1. The lowest BCUT2D eigenvalue weighted by atomic mass is 10.0. The molecule has 0 fully saturated rings. The molecule has 7 heteroatoms. The molecule has 0 spiro atoms. The van der Waals surface area contributed by atoms with Crippen LogP contribution in [0.1, 0.15) is 15.9 Å². The van der Waals surface area contributed by atoms with Crippen LogP contribution in [-0.4, -0.2) is 14.2 Å². The second-order valence-electron chi connectivity index (χ2n) is 6.48. The third kappa shape index (κ3) is 4.18. The van der Waals surface area contributed by atoms with Gasteiger partial charge in [0, 0.05) is 28.5 Å². The molecule has 5 nitrogen and oxygen atoms in total. The van der Waals surface area contributed by atoms with Crippen LogP contribution in [0.4, 0.5) is 5.69 Å². The molecular weight excluding hydrogens is 410 g/mol. The zero-order chi connectivity index (χ0) is 20.4. The number of hydrogen-bond acceptors (Lipinski definition) is 4. The van der Waals surface area contributed by atoms with E-state index < -0.39 is 10.0 Å². The highest BCUT2D eigenvalue weighted by atomic mass is 35.5. The lowest BCUT2D eigenvalue weighted by molar-refractivity contribution is 0.0994. The predicted octanol–water partition coefficient (Wildman–Crippen LogP) is 5.31. The fourth-order valence-electron chi connectivity index (χ4n) is 3.01. The van der Waals surface area contributed by atoms with Crippen LogP contribution in [-0.2, 0) is 16.4 Å². The van der Waals surface area contributed by atoms with Gasteiger partial charge in [-0.3, -0.25) is 9.52 Å². The van der Waals surface area contributed by atoms with E-state index in [9.17, 15) is 13.2 Å². The molecule has 1 N–H and O–H groups in total. The summed E-state index contributed by atoms with van der Waals surface area (Å²) in [5.74, 6) is -0.227. The topological polar surface area (TPSA) is 76.4 Å². The Morgan fingerprint density at radius 3 is 2.41 bits per heavy atom. The van der Waals surface area contributed by atoms with E-state index >= 15 is 0 Å². The summed E-state index contributed by atoms with van der Waals surface area (Å²) in [7, 11) is -4.05. The summed E-state index contributed by atoms with van der Waals surface area (Å²) in [6.07, 6.45) is 0.141. The molecule has 0 radical (unpaired) electrons. The number of para-hydroxylation sites is 1. The van der Waals surface area contributed by atoms with Crippen LogP contribution in [0.2, 0.25) is 5.02 Å². The maximum absolute atomic E-state index is 12.9. The van der Waals surface area contributed by atoms with Crippen LogP contribution in [0.3, 0.4) is 0 Å². The SMILES string of the molecule is O=C(Cc1ccccc1)c1ccc(Cl)cc1NS(=O)(=O)c1cc2ccccc2o1. The van der Waals surface area contributed by atoms with Crippen LogP contribution in [0.25, 0.3) is 11.0 Å². The number of Topliss-reactive ketones (excluding diaryl/α,β-unsaturated/α-hetero) is 1. The molecule has 0 unspecified atom stereocenters. The second kappa shape index (κ2) is 7.73. The number of carbonyl (C=O) groups is 1. The molecule has 0 aliphatic rings. The Morgan fingerprint density at radius 1 is 0.931 bits per heavy atom. The largest absolute Gasteiger partial charge is 0.443 e. The van der Waals surface area contributed by atoms with Crippen LogP contribution >= 0.6 is 11.6 Å². The number of nitrogens with one attached hydrogen (secondary N) is 1. The average molecular weight is 426 g/mol. The number of anilines is 1. The molecule has 4 aromatic rings. The summed E-state index contributed by atoms with van der Waals surface area (Å²) < 4.78 is 33.6. The number of rotatable bonds is 6. The number of hydrogen-bond donors (Lipinski definition) is 1. The highest BCUT2D eigenvalue weighted by Gasteiger charge is 2.23. The second-order valence-corrected chi connectivity index (χ2v) is 8.53. The van der Waals surface area contributed by atoms with Gasteiger partial charge in [0.05, 0.1) is 5.69 Å². The van der Waals surface area contributed by atoms with E-state index in [-0.39, 0.29) is 28.5 Å². The minimum atomic E-state index is -4.05. The van der Waals surface area contributed by atoms with Crippen molar-refractivity contribution < 1.29 is 17.6 Å². The van der Waals surface area contributed by atoms with Gasteiger partial charge in [-0.05, 0) is 29.8 Å². The molecule has 29 heavy (non-hydrogen) atoms. The highest BCUT2D eigenvalue weighted by Crippen LogP contribution is 2.28. The number of fused-ring (bicyclic) bond motifs is 1. The number of halogens is 1. The van der Waals surface area contributed by atoms with Gasteiger partial charge >= 0.3 is 0 Å². The Bertz CT molecular complexity index is 1260. The van der Waals surface area contributed by atoms with Gasteiger partial charge in [-0.15, -0.1) is 0 Å². The average Bonchev–Trinajstić information content (AvgIpc) is 3.14. The fourth-order valence-corrected chi connectivity index (χ4v) is 4.22. The molecule has 0 amide bonds. The van der Waals surface area contributed by atoms with Gasteiger partial charge < -0.3 is 4.42 Å². The van der Waals surface area contributed by atoms with Gasteiger partial charge in [0.25, 0.3) is 10.0 Å². The van der Waals surface area contributed by atoms with Crippen molar-refractivity contribution in [2.45, 2.75) is 11.5 Å². The number of furan rings is 1. The summed E-state index contributed by atoms with van der Waals surface area (Å²) in [6.45, 7) is 0. The fraction of sp³-hybridized carbons (Fsp3) is 0.0455. The predicted molar refractivity (Wildman–Crippen MR) is 113 cm³/mol. The lowest BCUT2D eigenvalue weighted by Crippen LogP contribution is -2.16. The molecule has 0 saturated heterocycles. The first kappa shape index (κ1) is 19.2. The van der Waals surface area contributed by atoms with E-state index in [1.165, 1.54) is 18.2 Å². The van der Waals surface area contributed by atoms with E-state index in [2.05, 4.69) is 4.72 Å². The highest BCUT2D eigenvalue weighted by molar-refractivity contribution is 7.92. The Kier molecular flexibility index (Phi) is 5.13. The molecule has 0 bridgehead atoms. The van der Waals surface area contributed by atoms with Crippen molar-refractivity contribution in [2.24, 2.45) is 0 Å². The molecule has 146 valence electrons. The standard InChI is InChI=1S/C22H16ClNO4S/c23-17-10-11-18(20(25)12-15-6-2-1-3-7-15)19(14-17)24-29(26,27)22-13-16-8-4-5-9-21(16)28-22/h1-11,13-14,24H,12H2. The normalized spacial score (nSPS) is 11.5. The van der Waals surface area contributed by atoms with E-state index in [1.54, 1.807) is 30.3 Å². The zero-order valence-electron chi connectivity index (χ0n) is 15.1. The molecule has 3 aromatic carbocycles. The van der Waals surface area contributed by atoms with Gasteiger partial charge in [0.15, 0.2) is 5.78 Å². The summed E-state index contributed by atoms with van der Waals surface area (Å²) in [5, 5.41) is 0.739. The molecule has 0 aliphatic heterocycles. The Hall–Kier alpha value is -3.09. The van der Waals surface area contributed by atoms with Gasteiger partial charge in [-0.25, -0.2) is 0 Å². The minimum absolute atomic E-state index is 0.110. The molecule has 0 atom stereocenters. The Labute approximate surface area is 173 Å². The summed E-state index contributed by atoms with van der Waals surface area (Å²) in [4.78, 5) is 12.8. The van der Waals surface area contributed by atoms with Crippen LogP contribution < -0.4 is 4.72 Å². The summed E-state index contributed by atoms with van der Waals surface area (Å²) in [5.41, 5.74) is 1.63. The van der Waals surface area contributed by atoms with Crippen molar-refractivity contribution >= 4 is 44.1 Å². The molecule has 4 rings (SSSR count). The third-order valence-corrected chi connectivity index (χ3v) is 5.86. The number of benzene rings is 3. The van der Waals surface area contributed by atoms with Gasteiger partial charge in [-0.2, -0.15) is 8.42 Å². The monoisotopic (exact) mass is 425 g/mol. The van der Waals surface area contributed by atoms with E-state index in [0.717, 1.165) is 5.56 Å². The molecule has 0 saturated carbocycles. The van der Waals surface area contributed by atoms with Crippen molar-refractivity contribution in [3.8, 4) is 0 Å². The maximum Gasteiger partial charge on any atom is 0.295 e. The Balaban J connectivity index is 1.67. The van der Waals surface area contributed by atoms with E-state index in [0.29, 0.717) is 16.0 Å². The maximum atomic E-state index is 12.9. The van der Waals surface area contributed by atoms with Crippen molar-refractivity contribution in [3.63, 3.8) is 0 Å². The zero-order valence-corrected chi connectivity index (χ0v) is 16.7.